The van der Waals surface area contributed by atoms with E-state index in [0.29, 0.717) is 23.1 Å². The Morgan fingerprint density at radius 3 is 2.45 bits per heavy atom. The Morgan fingerprint density at radius 1 is 1.18 bits per heavy atom. The van der Waals surface area contributed by atoms with Crippen LogP contribution in [0.1, 0.15) is 29.8 Å². The summed E-state index contributed by atoms with van der Waals surface area (Å²) in [5.41, 5.74) is 1.03. The van der Waals surface area contributed by atoms with Crippen LogP contribution in [0.2, 0.25) is 5.02 Å². The summed E-state index contributed by atoms with van der Waals surface area (Å²) in [6.07, 6.45) is -0.0982. The van der Waals surface area contributed by atoms with Gasteiger partial charge in [0.05, 0.1) is 6.10 Å². The molecule has 2 rings (SSSR count). The zero-order valence-corrected chi connectivity index (χ0v) is 13.1. The molecule has 22 heavy (non-hydrogen) atoms. The van der Waals surface area contributed by atoms with E-state index in [-0.39, 0.29) is 11.7 Å². The Hall–Kier alpha value is -2.20. The van der Waals surface area contributed by atoms with Crippen LogP contribution in [0.25, 0.3) is 0 Å². The summed E-state index contributed by atoms with van der Waals surface area (Å²) in [5, 5.41) is 9.93. The van der Waals surface area contributed by atoms with Crippen molar-refractivity contribution in [2.24, 2.45) is 0 Å². The number of carbonyl (C=O) groups is 1. The third kappa shape index (κ3) is 4.40. The highest BCUT2D eigenvalue weighted by molar-refractivity contribution is 6.30. The number of hydrogen-bond donors (Lipinski definition) is 1. The number of carboxylic acids is 1. The van der Waals surface area contributed by atoms with Gasteiger partial charge >= 0.3 is 5.97 Å². The van der Waals surface area contributed by atoms with Crippen molar-refractivity contribution in [3.8, 4) is 11.5 Å². The number of halogens is 1. The first-order chi connectivity index (χ1) is 10.5. The zero-order chi connectivity index (χ0) is 16.1. The Morgan fingerprint density at radius 2 is 1.86 bits per heavy atom. The minimum atomic E-state index is -1.05. The molecule has 2 aromatic carbocycles. The number of hydrogen-bond acceptors (Lipinski definition) is 3. The number of aromatic carboxylic acids is 1. The van der Waals surface area contributed by atoms with Crippen molar-refractivity contribution >= 4 is 17.6 Å². The number of ether oxygens (including phenoxy) is 2. The molecule has 4 nitrogen and oxygen atoms in total. The number of rotatable bonds is 6. The topological polar surface area (TPSA) is 55.8 Å². The van der Waals surface area contributed by atoms with Gasteiger partial charge in [-0.2, -0.15) is 0 Å². The predicted octanol–water partition coefficient (Wildman–Crippen LogP) is 4.40. The lowest BCUT2D eigenvalue weighted by atomic mass is 10.2. The van der Waals surface area contributed by atoms with Gasteiger partial charge in [-0.1, -0.05) is 23.7 Å². The minimum Gasteiger partial charge on any atom is -0.490 e. The average molecular weight is 321 g/mol. The van der Waals surface area contributed by atoms with Crippen LogP contribution in [0.4, 0.5) is 0 Å². The van der Waals surface area contributed by atoms with Gasteiger partial charge in [-0.15, -0.1) is 0 Å². The van der Waals surface area contributed by atoms with Gasteiger partial charge in [0.15, 0.2) is 0 Å². The molecule has 0 bridgehead atoms. The first-order valence-corrected chi connectivity index (χ1v) is 7.24. The predicted molar refractivity (Wildman–Crippen MR) is 84.9 cm³/mol. The highest BCUT2D eigenvalue weighted by Gasteiger charge is 2.14. The standard InChI is InChI=1S/C17H17ClO4/c1-11(2)22-16-8-7-14(9-15(16)17(19)20)21-10-12-3-5-13(18)6-4-12/h3-9,11H,10H2,1-2H3,(H,19,20). The molecule has 0 aliphatic heterocycles. The summed E-state index contributed by atoms with van der Waals surface area (Å²) in [6, 6.07) is 12.1. The van der Waals surface area contributed by atoms with Gasteiger partial charge in [-0.05, 0) is 49.7 Å². The highest BCUT2D eigenvalue weighted by Crippen LogP contribution is 2.26. The second-order valence-electron chi connectivity index (χ2n) is 5.04. The first kappa shape index (κ1) is 16.2. The summed E-state index contributed by atoms with van der Waals surface area (Å²) in [7, 11) is 0. The molecule has 0 spiro atoms. The monoisotopic (exact) mass is 320 g/mol. The van der Waals surface area contributed by atoms with Crippen molar-refractivity contribution in [1.82, 2.24) is 0 Å². The van der Waals surface area contributed by atoms with E-state index >= 15 is 0 Å². The summed E-state index contributed by atoms with van der Waals surface area (Å²) in [5.74, 6) is -0.239. The van der Waals surface area contributed by atoms with Crippen LogP contribution >= 0.6 is 11.6 Å². The molecule has 0 aromatic heterocycles. The number of benzene rings is 2. The maximum Gasteiger partial charge on any atom is 0.339 e. The molecule has 0 radical (unpaired) electrons. The highest BCUT2D eigenvalue weighted by atomic mass is 35.5. The van der Waals surface area contributed by atoms with E-state index in [9.17, 15) is 9.90 Å². The van der Waals surface area contributed by atoms with E-state index < -0.39 is 5.97 Å². The molecular weight excluding hydrogens is 304 g/mol. The molecule has 0 aliphatic carbocycles. The Labute approximate surface area is 134 Å². The molecule has 0 aliphatic rings. The summed E-state index contributed by atoms with van der Waals surface area (Å²) >= 11 is 5.82. The second kappa shape index (κ2) is 7.18. The third-order valence-electron chi connectivity index (χ3n) is 2.86. The van der Waals surface area contributed by atoms with E-state index in [4.69, 9.17) is 21.1 Å². The van der Waals surface area contributed by atoms with Gasteiger partial charge in [0, 0.05) is 5.02 Å². The SMILES string of the molecule is CC(C)Oc1ccc(OCc2ccc(Cl)cc2)cc1C(=O)O. The van der Waals surface area contributed by atoms with Crippen LogP contribution in [0.5, 0.6) is 11.5 Å². The van der Waals surface area contributed by atoms with E-state index in [1.807, 2.05) is 26.0 Å². The lowest BCUT2D eigenvalue weighted by Gasteiger charge is -2.14. The molecular formula is C17H17ClO4. The van der Waals surface area contributed by atoms with E-state index in [1.54, 1.807) is 24.3 Å². The fraction of sp³-hybridized carbons (Fsp3) is 0.235. The largest absolute Gasteiger partial charge is 0.490 e. The normalized spacial score (nSPS) is 10.5. The molecule has 2 aromatic rings. The van der Waals surface area contributed by atoms with Gasteiger partial charge in [-0.25, -0.2) is 4.79 Å². The Balaban J connectivity index is 2.12. The summed E-state index contributed by atoms with van der Waals surface area (Å²) in [4.78, 5) is 11.3. The van der Waals surface area contributed by atoms with E-state index in [0.717, 1.165) is 5.56 Å². The van der Waals surface area contributed by atoms with Crippen LogP contribution in [0.15, 0.2) is 42.5 Å². The van der Waals surface area contributed by atoms with Gasteiger partial charge in [0.1, 0.15) is 23.7 Å². The van der Waals surface area contributed by atoms with Crippen molar-refractivity contribution in [1.29, 1.82) is 0 Å². The van der Waals surface area contributed by atoms with Crippen molar-refractivity contribution in [3.63, 3.8) is 0 Å². The summed E-state index contributed by atoms with van der Waals surface area (Å²) < 4.78 is 11.1. The molecule has 5 heteroatoms. The van der Waals surface area contributed by atoms with E-state index in [2.05, 4.69) is 0 Å². The quantitative estimate of drug-likeness (QED) is 0.856. The molecule has 0 saturated heterocycles. The molecule has 0 fully saturated rings. The molecule has 0 unspecified atom stereocenters. The van der Waals surface area contributed by atoms with Gasteiger partial charge in [0.2, 0.25) is 0 Å². The Bertz CT molecular complexity index is 650. The fourth-order valence-electron chi connectivity index (χ4n) is 1.87. The lowest BCUT2D eigenvalue weighted by Crippen LogP contribution is -2.10. The molecule has 0 atom stereocenters. The van der Waals surface area contributed by atoms with Crippen molar-refractivity contribution in [2.75, 3.05) is 0 Å². The average Bonchev–Trinajstić information content (AvgIpc) is 2.47. The molecule has 0 amide bonds. The van der Waals surface area contributed by atoms with Crippen molar-refractivity contribution in [2.45, 2.75) is 26.6 Å². The van der Waals surface area contributed by atoms with Gasteiger partial charge in [0.25, 0.3) is 0 Å². The molecule has 1 N–H and O–H groups in total. The van der Waals surface area contributed by atoms with Crippen LogP contribution in [-0.2, 0) is 6.61 Å². The molecule has 0 heterocycles. The van der Waals surface area contributed by atoms with Gasteiger partial charge in [-0.3, -0.25) is 0 Å². The maximum atomic E-state index is 11.3. The molecule has 116 valence electrons. The van der Waals surface area contributed by atoms with Crippen LogP contribution in [0.3, 0.4) is 0 Å². The first-order valence-electron chi connectivity index (χ1n) is 6.87. The van der Waals surface area contributed by atoms with E-state index in [1.165, 1.54) is 6.07 Å². The Kier molecular flexibility index (Phi) is 5.28. The maximum absolute atomic E-state index is 11.3. The summed E-state index contributed by atoms with van der Waals surface area (Å²) in [6.45, 7) is 4.02. The van der Waals surface area contributed by atoms with Crippen LogP contribution in [-0.4, -0.2) is 17.2 Å². The number of carboxylic acid groups (broad SMARTS) is 1. The lowest BCUT2D eigenvalue weighted by molar-refractivity contribution is 0.0690. The third-order valence-corrected chi connectivity index (χ3v) is 3.11. The minimum absolute atomic E-state index is 0.0855. The van der Waals surface area contributed by atoms with Crippen molar-refractivity contribution in [3.05, 3.63) is 58.6 Å². The fourth-order valence-corrected chi connectivity index (χ4v) is 2.00. The van der Waals surface area contributed by atoms with Crippen LogP contribution in [0, 0.1) is 0 Å². The zero-order valence-electron chi connectivity index (χ0n) is 12.4. The van der Waals surface area contributed by atoms with Gasteiger partial charge < -0.3 is 14.6 Å². The second-order valence-corrected chi connectivity index (χ2v) is 5.48. The molecule has 0 saturated carbocycles. The van der Waals surface area contributed by atoms with Crippen molar-refractivity contribution < 1.29 is 19.4 Å². The van der Waals surface area contributed by atoms with Crippen LogP contribution < -0.4 is 9.47 Å². The smallest absolute Gasteiger partial charge is 0.339 e.